The monoisotopic (exact) mass is 348 g/mol. The van der Waals surface area contributed by atoms with E-state index in [1.807, 2.05) is 37.8 Å². The maximum atomic E-state index is 12.3. The van der Waals surface area contributed by atoms with Gasteiger partial charge in [0.1, 0.15) is 16.6 Å². The Balaban J connectivity index is 1.86. The molecular weight excluding hydrogens is 328 g/mol. The average molecular weight is 349 g/mol. The van der Waals surface area contributed by atoms with E-state index >= 15 is 0 Å². The standard InChI is InChI=1S/C17H21ClN4O2/c1-17(2,3)24-16(23)22-9-5-8-21(11-22)15-12-6-4-7-19-13(12)10-14(18)20-15/h4,6-7,10H,5,8-9,11H2,1-3H3. The summed E-state index contributed by atoms with van der Waals surface area (Å²) < 4.78 is 5.47. The van der Waals surface area contributed by atoms with E-state index in [0.717, 1.165) is 29.7 Å². The van der Waals surface area contributed by atoms with Crippen molar-refractivity contribution in [2.75, 3.05) is 24.7 Å². The van der Waals surface area contributed by atoms with Crippen LogP contribution >= 0.6 is 11.6 Å². The second kappa shape index (κ2) is 6.43. The van der Waals surface area contributed by atoms with Crippen LogP contribution in [0.2, 0.25) is 5.15 Å². The number of pyridine rings is 2. The molecule has 7 heteroatoms. The molecule has 0 atom stereocenters. The number of aromatic nitrogens is 2. The van der Waals surface area contributed by atoms with Gasteiger partial charge in [-0.05, 0) is 39.3 Å². The molecule has 0 aromatic carbocycles. The zero-order chi connectivity index (χ0) is 17.3. The summed E-state index contributed by atoms with van der Waals surface area (Å²) in [6, 6.07) is 5.58. The number of halogens is 1. The van der Waals surface area contributed by atoms with Crippen LogP contribution in [0.1, 0.15) is 27.2 Å². The lowest BCUT2D eigenvalue weighted by atomic mass is 10.2. The van der Waals surface area contributed by atoms with Crippen molar-refractivity contribution in [2.24, 2.45) is 0 Å². The molecule has 0 radical (unpaired) electrons. The van der Waals surface area contributed by atoms with Crippen molar-refractivity contribution < 1.29 is 9.53 Å². The first-order valence-electron chi connectivity index (χ1n) is 7.98. The summed E-state index contributed by atoms with van der Waals surface area (Å²) >= 11 is 6.15. The number of ether oxygens (including phenoxy) is 1. The molecule has 0 unspecified atom stereocenters. The Morgan fingerprint density at radius 1 is 1.33 bits per heavy atom. The highest BCUT2D eigenvalue weighted by molar-refractivity contribution is 6.30. The van der Waals surface area contributed by atoms with Crippen molar-refractivity contribution in [2.45, 2.75) is 32.8 Å². The van der Waals surface area contributed by atoms with Crippen LogP contribution in [-0.2, 0) is 4.74 Å². The number of hydrogen-bond donors (Lipinski definition) is 0. The fraction of sp³-hybridized carbons (Fsp3) is 0.471. The number of amides is 1. The molecule has 0 saturated carbocycles. The van der Waals surface area contributed by atoms with E-state index < -0.39 is 5.60 Å². The summed E-state index contributed by atoms with van der Waals surface area (Å²) in [5.74, 6) is 0.749. The number of hydrogen-bond acceptors (Lipinski definition) is 5. The van der Waals surface area contributed by atoms with Crippen LogP contribution < -0.4 is 4.90 Å². The summed E-state index contributed by atoms with van der Waals surface area (Å²) in [5.41, 5.74) is 0.284. The van der Waals surface area contributed by atoms with Gasteiger partial charge in [0.15, 0.2) is 0 Å². The van der Waals surface area contributed by atoms with Crippen LogP contribution in [0.4, 0.5) is 10.6 Å². The van der Waals surface area contributed by atoms with Gasteiger partial charge in [-0.15, -0.1) is 0 Å². The molecule has 3 rings (SSSR count). The van der Waals surface area contributed by atoms with Crippen molar-refractivity contribution >= 4 is 34.4 Å². The van der Waals surface area contributed by atoms with Crippen LogP contribution in [0, 0.1) is 0 Å². The third kappa shape index (κ3) is 3.70. The first-order valence-corrected chi connectivity index (χ1v) is 8.35. The fourth-order valence-corrected chi connectivity index (χ4v) is 2.90. The van der Waals surface area contributed by atoms with E-state index in [1.165, 1.54) is 0 Å². The van der Waals surface area contributed by atoms with E-state index in [-0.39, 0.29) is 6.09 Å². The molecule has 0 spiro atoms. The van der Waals surface area contributed by atoms with Gasteiger partial charge < -0.3 is 9.64 Å². The Morgan fingerprint density at radius 3 is 2.88 bits per heavy atom. The number of anilines is 1. The van der Waals surface area contributed by atoms with Crippen LogP contribution in [0.25, 0.3) is 10.9 Å². The molecule has 24 heavy (non-hydrogen) atoms. The molecule has 6 nitrogen and oxygen atoms in total. The number of rotatable bonds is 1. The molecular formula is C17H21ClN4O2. The SMILES string of the molecule is CC(C)(C)OC(=O)N1CCCN(c2nc(Cl)cc3ncccc23)C1. The van der Waals surface area contributed by atoms with Gasteiger partial charge in [0.2, 0.25) is 0 Å². The van der Waals surface area contributed by atoms with Crippen molar-refractivity contribution in [3.63, 3.8) is 0 Å². The van der Waals surface area contributed by atoms with Crippen molar-refractivity contribution in [1.82, 2.24) is 14.9 Å². The van der Waals surface area contributed by atoms with Gasteiger partial charge >= 0.3 is 6.09 Å². The summed E-state index contributed by atoms with van der Waals surface area (Å²) in [4.78, 5) is 24.9. The van der Waals surface area contributed by atoms with E-state index in [2.05, 4.69) is 9.97 Å². The van der Waals surface area contributed by atoms with Crippen molar-refractivity contribution in [1.29, 1.82) is 0 Å². The molecule has 0 aliphatic carbocycles. The van der Waals surface area contributed by atoms with Gasteiger partial charge in [0, 0.05) is 30.7 Å². The Bertz CT molecular complexity index is 760. The maximum Gasteiger partial charge on any atom is 0.411 e. The largest absolute Gasteiger partial charge is 0.444 e. The van der Waals surface area contributed by atoms with Gasteiger partial charge in [-0.1, -0.05) is 11.6 Å². The highest BCUT2D eigenvalue weighted by atomic mass is 35.5. The molecule has 1 aliphatic rings. The van der Waals surface area contributed by atoms with E-state index in [9.17, 15) is 4.79 Å². The van der Waals surface area contributed by atoms with Crippen molar-refractivity contribution in [3.8, 4) is 0 Å². The van der Waals surface area contributed by atoms with E-state index in [1.54, 1.807) is 17.2 Å². The van der Waals surface area contributed by atoms with Crippen LogP contribution in [-0.4, -0.2) is 46.3 Å². The molecule has 1 aliphatic heterocycles. The molecule has 3 heterocycles. The number of carbonyl (C=O) groups excluding carboxylic acids is 1. The van der Waals surface area contributed by atoms with Crippen LogP contribution in [0.3, 0.4) is 0 Å². The first kappa shape index (κ1) is 16.8. The Hall–Kier alpha value is -2.08. The third-order valence-electron chi connectivity index (χ3n) is 3.70. The topological polar surface area (TPSA) is 58.6 Å². The second-order valence-electron chi connectivity index (χ2n) is 6.84. The Labute approximate surface area is 146 Å². The lowest BCUT2D eigenvalue weighted by Gasteiger charge is -2.37. The maximum absolute atomic E-state index is 12.3. The highest BCUT2D eigenvalue weighted by Gasteiger charge is 2.27. The number of carbonyl (C=O) groups is 1. The van der Waals surface area contributed by atoms with Crippen LogP contribution in [0.15, 0.2) is 24.4 Å². The summed E-state index contributed by atoms with van der Waals surface area (Å²) in [5, 5.41) is 1.32. The normalized spacial score (nSPS) is 15.7. The van der Waals surface area contributed by atoms with Crippen LogP contribution in [0.5, 0.6) is 0 Å². The van der Waals surface area contributed by atoms with E-state index in [0.29, 0.717) is 18.4 Å². The quantitative estimate of drug-likeness (QED) is 0.736. The zero-order valence-electron chi connectivity index (χ0n) is 14.1. The summed E-state index contributed by atoms with van der Waals surface area (Å²) in [6.07, 6.45) is 2.26. The second-order valence-corrected chi connectivity index (χ2v) is 7.23. The molecule has 2 aromatic heterocycles. The minimum absolute atomic E-state index is 0.309. The van der Waals surface area contributed by atoms with Gasteiger partial charge in [0.25, 0.3) is 0 Å². The molecule has 128 valence electrons. The molecule has 1 amide bonds. The average Bonchev–Trinajstić information content (AvgIpc) is 2.52. The van der Waals surface area contributed by atoms with E-state index in [4.69, 9.17) is 16.3 Å². The summed E-state index contributed by atoms with van der Waals surface area (Å²) in [7, 11) is 0. The van der Waals surface area contributed by atoms with Gasteiger partial charge in [0.05, 0.1) is 12.2 Å². The first-order chi connectivity index (χ1) is 11.3. The predicted molar refractivity (Wildman–Crippen MR) is 94.3 cm³/mol. The number of nitrogens with zero attached hydrogens (tertiary/aromatic N) is 4. The molecule has 1 fully saturated rings. The molecule has 0 bridgehead atoms. The minimum Gasteiger partial charge on any atom is -0.444 e. The fourth-order valence-electron chi connectivity index (χ4n) is 2.72. The predicted octanol–water partition coefficient (Wildman–Crippen LogP) is 3.69. The zero-order valence-corrected chi connectivity index (χ0v) is 14.9. The minimum atomic E-state index is -0.510. The smallest absolute Gasteiger partial charge is 0.411 e. The Morgan fingerprint density at radius 2 is 2.12 bits per heavy atom. The number of fused-ring (bicyclic) bond motifs is 1. The molecule has 0 N–H and O–H groups in total. The van der Waals surface area contributed by atoms with Gasteiger partial charge in [-0.25, -0.2) is 9.78 Å². The molecule has 2 aromatic rings. The third-order valence-corrected chi connectivity index (χ3v) is 3.89. The highest BCUT2D eigenvalue weighted by Crippen LogP contribution is 2.28. The van der Waals surface area contributed by atoms with Crippen molar-refractivity contribution in [3.05, 3.63) is 29.5 Å². The lowest BCUT2D eigenvalue weighted by molar-refractivity contribution is 0.0225. The molecule has 1 saturated heterocycles. The summed E-state index contributed by atoms with van der Waals surface area (Å²) in [6.45, 7) is 7.49. The van der Waals surface area contributed by atoms with Gasteiger partial charge in [-0.3, -0.25) is 9.88 Å². The lowest BCUT2D eigenvalue weighted by Crippen LogP contribution is -2.49. The Kier molecular flexibility index (Phi) is 4.49. The van der Waals surface area contributed by atoms with Gasteiger partial charge in [-0.2, -0.15) is 0 Å².